The molecule has 1 aromatic heterocycles. The van der Waals surface area contributed by atoms with E-state index in [0.717, 1.165) is 11.1 Å². The number of nitrogens with zero attached hydrogens (tertiary/aromatic N) is 2. The van der Waals surface area contributed by atoms with Crippen molar-refractivity contribution in [3.63, 3.8) is 0 Å². The molecule has 0 saturated carbocycles. The fourth-order valence-electron chi connectivity index (χ4n) is 2.58. The Morgan fingerprint density at radius 2 is 1.90 bits per heavy atom. The molecule has 0 radical (unpaired) electrons. The van der Waals surface area contributed by atoms with Crippen molar-refractivity contribution in [3.8, 4) is 5.75 Å². The lowest BCUT2D eigenvalue weighted by Crippen LogP contribution is -2.10. The van der Waals surface area contributed by atoms with Crippen molar-refractivity contribution in [3.05, 3.63) is 59.4 Å². The van der Waals surface area contributed by atoms with Crippen LogP contribution >= 0.6 is 0 Å². The van der Waals surface area contributed by atoms with Gasteiger partial charge in [-0.05, 0) is 24.1 Å². The molecule has 0 atom stereocenters. The first-order chi connectivity index (χ1) is 10.1. The van der Waals surface area contributed by atoms with Gasteiger partial charge in [-0.15, -0.1) is 0 Å². The van der Waals surface area contributed by atoms with Crippen molar-refractivity contribution in [1.29, 1.82) is 0 Å². The highest BCUT2D eigenvalue weighted by atomic mass is 16.3. The highest BCUT2D eigenvalue weighted by molar-refractivity contribution is 5.94. The molecular weight excluding hydrogens is 264 g/mol. The van der Waals surface area contributed by atoms with E-state index in [0.29, 0.717) is 23.3 Å². The monoisotopic (exact) mass is 280 g/mol. The van der Waals surface area contributed by atoms with Crippen LogP contribution in [0.4, 0.5) is 0 Å². The Kier molecular flexibility index (Phi) is 3.22. The second-order valence-electron chi connectivity index (χ2n) is 5.14. The summed E-state index contributed by atoms with van der Waals surface area (Å²) in [5.74, 6) is 0.579. The van der Waals surface area contributed by atoms with Gasteiger partial charge in [-0.25, -0.2) is 4.98 Å². The molecule has 0 aliphatic carbocycles. The van der Waals surface area contributed by atoms with E-state index in [2.05, 4.69) is 4.98 Å². The number of hydrogen-bond donors (Lipinski definition) is 1. The molecule has 21 heavy (non-hydrogen) atoms. The lowest BCUT2D eigenvalue weighted by Gasteiger charge is -2.06. The van der Waals surface area contributed by atoms with Gasteiger partial charge in [0.1, 0.15) is 17.1 Å². The van der Waals surface area contributed by atoms with E-state index in [1.165, 1.54) is 11.5 Å². The Labute approximate surface area is 122 Å². The van der Waals surface area contributed by atoms with Gasteiger partial charge in [0.15, 0.2) is 0 Å². The highest BCUT2D eigenvalue weighted by Gasteiger charge is 2.18. The van der Waals surface area contributed by atoms with Crippen LogP contribution in [0.15, 0.2) is 42.5 Å². The molecule has 3 rings (SSSR count). The number of imidazole rings is 1. The second kappa shape index (κ2) is 5.05. The van der Waals surface area contributed by atoms with E-state index >= 15 is 0 Å². The maximum absolute atomic E-state index is 12.0. The van der Waals surface area contributed by atoms with Crippen molar-refractivity contribution in [2.75, 3.05) is 0 Å². The summed E-state index contributed by atoms with van der Waals surface area (Å²) < 4.78 is 1.50. The number of aromatic hydroxyl groups is 1. The lowest BCUT2D eigenvalue weighted by molar-refractivity contribution is 0.0937. The maximum Gasteiger partial charge on any atom is 0.229 e. The van der Waals surface area contributed by atoms with E-state index in [-0.39, 0.29) is 11.7 Å². The predicted octanol–water partition coefficient (Wildman–Crippen LogP) is 3.30. The van der Waals surface area contributed by atoms with Gasteiger partial charge in [-0.1, -0.05) is 36.4 Å². The zero-order valence-corrected chi connectivity index (χ0v) is 12.0. The Balaban J connectivity index is 2.23. The van der Waals surface area contributed by atoms with E-state index in [4.69, 9.17) is 0 Å². The van der Waals surface area contributed by atoms with Gasteiger partial charge in [0.2, 0.25) is 5.91 Å². The van der Waals surface area contributed by atoms with E-state index in [1.807, 2.05) is 37.3 Å². The number of rotatable bonds is 2. The van der Waals surface area contributed by atoms with Gasteiger partial charge < -0.3 is 5.11 Å². The van der Waals surface area contributed by atoms with Gasteiger partial charge in [0.25, 0.3) is 0 Å². The number of aryl methyl sites for hydroxylation is 1. The Morgan fingerprint density at radius 3 is 2.57 bits per heavy atom. The zero-order valence-electron chi connectivity index (χ0n) is 12.0. The second-order valence-corrected chi connectivity index (χ2v) is 5.14. The third-order valence-corrected chi connectivity index (χ3v) is 3.57. The SMILES string of the molecule is CC(=O)n1c(Cc2ccccc2)nc2c(C)ccc(O)c21. The molecule has 0 aliphatic rings. The average Bonchev–Trinajstić information content (AvgIpc) is 2.84. The normalized spacial score (nSPS) is 11.0. The molecule has 0 saturated heterocycles. The van der Waals surface area contributed by atoms with Crippen LogP contribution in [0.1, 0.15) is 28.7 Å². The number of carbonyl (C=O) groups excluding carboxylic acids is 1. The smallest absolute Gasteiger partial charge is 0.229 e. The van der Waals surface area contributed by atoms with Crippen LogP contribution in [-0.2, 0) is 6.42 Å². The topological polar surface area (TPSA) is 55.1 Å². The fraction of sp³-hybridized carbons (Fsp3) is 0.176. The summed E-state index contributed by atoms with van der Waals surface area (Å²) in [6.07, 6.45) is 0.550. The highest BCUT2D eigenvalue weighted by Crippen LogP contribution is 2.29. The van der Waals surface area contributed by atoms with Gasteiger partial charge in [-0.2, -0.15) is 0 Å². The van der Waals surface area contributed by atoms with E-state index in [9.17, 15) is 9.90 Å². The Hall–Kier alpha value is -2.62. The van der Waals surface area contributed by atoms with Crippen LogP contribution in [0, 0.1) is 6.92 Å². The number of hydrogen-bond acceptors (Lipinski definition) is 3. The first kappa shape index (κ1) is 13.4. The number of phenolic OH excluding ortho intramolecular Hbond substituents is 1. The van der Waals surface area contributed by atoms with Crippen molar-refractivity contribution in [2.24, 2.45) is 0 Å². The van der Waals surface area contributed by atoms with Crippen LogP contribution in [0.3, 0.4) is 0 Å². The number of carbonyl (C=O) groups is 1. The molecule has 0 spiro atoms. The minimum absolute atomic E-state index is 0.0811. The maximum atomic E-state index is 12.0. The minimum Gasteiger partial charge on any atom is -0.506 e. The molecule has 2 aromatic carbocycles. The van der Waals surface area contributed by atoms with Gasteiger partial charge in [-0.3, -0.25) is 9.36 Å². The number of aromatic nitrogens is 2. The summed E-state index contributed by atoms with van der Waals surface area (Å²) in [6, 6.07) is 13.3. The molecule has 1 heterocycles. The first-order valence-corrected chi connectivity index (χ1v) is 6.82. The summed E-state index contributed by atoms with van der Waals surface area (Å²) >= 11 is 0. The molecule has 0 aliphatic heterocycles. The molecule has 4 heteroatoms. The van der Waals surface area contributed by atoms with Crippen LogP contribution in [-0.4, -0.2) is 20.6 Å². The summed E-state index contributed by atoms with van der Waals surface area (Å²) in [6.45, 7) is 3.41. The van der Waals surface area contributed by atoms with Crippen LogP contribution < -0.4 is 0 Å². The molecule has 0 unspecified atom stereocenters. The third-order valence-electron chi connectivity index (χ3n) is 3.57. The van der Waals surface area contributed by atoms with Crippen molar-refractivity contribution in [2.45, 2.75) is 20.3 Å². The van der Waals surface area contributed by atoms with Crippen LogP contribution in [0.2, 0.25) is 0 Å². The van der Waals surface area contributed by atoms with Crippen molar-refractivity contribution >= 4 is 16.9 Å². The summed E-state index contributed by atoms with van der Waals surface area (Å²) in [5, 5.41) is 10.1. The molecule has 3 aromatic rings. The van der Waals surface area contributed by atoms with Gasteiger partial charge in [0.05, 0.1) is 5.52 Å². The van der Waals surface area contributed by atoms with Gasteiger partial charge >= 0.3 is 0 Å². The average molecular weight is 280 g/mol. The number of phenols is 1. The van der Waals surface area contributed by atoms with Crippen molar-refractivity contribution < 1.29 is 9.90 Å². The molecule has 0 fully saturated rings. The molecular formula is C17H16N2O2. The molecule has 0 amide bonds. The molecule has 0 bridgehead atoms. The molecule has 106 valence electrons. The first-order valence-electron chi connectivity index (χ1n) is 6.82. The largest absolute Gasteiger partial charge is 0.506 e. The van der Waals surface area contributed by atoms with Gasteiger partial charge in [0, 0.05) is 13.3 Å². The quantitative estimate of drug-likeness (QED) is 0.783. The predicted molar refractivity (Wildman–Crippen MR) is 81.7 cm³/mol. The Morgan fingerprint density at radius 1 is 1.19 bits per heavy atom. The number of benzene rings is 2. The van der Waals surface area contributed by atoms with Crippen LogP contribution in [0.5, 0.6) is 5.75 Å². The summed E-state index contributed by atoms with van der Waals surface area (Å²) in [5.41, 5.74) is 3.19. The van der Waals surface area contributed by atoms with E-state index < -0.39 is 0 Å². The van der Waals surface area contributed by atoms with Crippen LogP contribution in [0.25, 0.3) is 11.0 Å². The molecule has 4 nitrogen and oxygen atoms in total. The lowest BCUT2D eigenvalue weighted by atomic mass is 10.1. The fourth-order valence-corrected chi connectivity index (χ4v) is 2.58. The van der Waals surface area contributed by atoms with E-state index in [1.54, 1.807) is 12.1 Å². The standard InChI is InChI=1S/C17H16N2O2/c1-11-8-9-14(21)17-16(11)18-15(19(17)12(2)20)10-13-6-4-3-5-7-13/h3-9,21H,10H2,1-2H3. The van der Waals surface area contributed by atoms with Crippen molar-refractivity contribution in [1.82, 2.24) is 9.55 Å². The minimum atomic E-state index is -0.149. The molecule has 1 N–H and O–H groups in total. The zero-order chi connectivity index (χ0) is 15.0. The summed E-state index contributed by atoms with van der Waals surface area (Å²) in [4.78, 5) is 16.6. The third kappa shape index (κ3) is 2.29. The number of fused-ring (bicyclic) bond motifs is 1. The Bertz CT molecular complexity index is 820. The summed E-state index contributed by atoms with van der Waals surface area (Å²) in [7, 11) is 0.